The number of rotatable bonds is 6. The van der Waals surface area contributed by atoms with E-state index in [-0.39, 0.29) is 17.6 Å². The second-order valence-corrected chi connectivity index (χ2v) is 7.67. The average molecular weight is 392 g/mol. The molecule has 0 bridgehead atoms. The van der Waals surface area contributed by atoms with E-state index in [0.29, 0.717) is 12.1 Å². The molecule has 1 amide bonds. The molecule has 1 aliphatic carbocycles. The molecule has 28 heavy (non-hydrogen) atoms. The summed E-state index contributed by atoms with van der Waals surface area (Å²) in [6, 6.07) is 18.0. The van der Waals surface area contributed by atoms with E-state index in [9.17, 15) is 9.59 Å². The van der Waals surface area contributed by atoms with Crippen LogP contribution in [0.4, 0.5) is 0 Å². The summed E-state index contributed by atoms with van der Waals surface area (Å²) in [5.41, 5.74) is 3.16. The first-order chi connectivity index (χ1) is 13.7. The Morgan fingerprint density at radius 2 is 1.75 bits per heavy atom. The van der Waals surface area contributed by atoms with Crippen molar-refractivity contribution in [3.05, 3.63) is 76.2 Å². The summed E-state index contributed by atoms with van der Waals surface area (Å²) in [5, 5.41) is 2.41. The van der Waals surface area contributed by atoms with Crippen molar-refractivity contribution in [2.75, 3.05) is 7.11 Å². The van der Waals surface area contributed by atoms with Crippen LogP contribution in [0.2, 0.25) is 0 Å². The van der Waals surface area contributed by atoms with Gasteiger partial charge in [0, 0.05) is 17.0 Å². The minimum absolute atomic E-state index is 0.00284. The summed E-state index contributed by atoms with van der Waals surface area (Å²) in [6.45, 7) is 0.408. The van der Waals surface area contributed by atoms with Crippen LogP contribution in [0.15, 0.2) is 60.0 Å². The Balaban J connectivity index is 1.51. The van der Waals surface area contributed by atoms with Crippen molar-refractivity contribution in [3.63, 3.8) is 0 Å². The topological polar surface area (TPSA) is 59.5 Å². The van der Waals surface area contributed by atoms with Gasteiger partial charge >= 0.3 is 5.97 Å². The lowest BCUT2D eigenvalue weighted by molar-refractivity contribution is 0.0594. The molecule has 0 radical (unpaired) electrons. The molecule has 5 nitrogen and oxygen atoms in total. The molecule has 1 aliphatic rings. The van der Waals surface area contributed by atoms with E-state index in [1.807, 2.05) is 47.4 Å². The number of hydrogen-bond donors (Lipinski definition) is 0. The van der Waals surface area contributed by atoms with Crippen LogP contribution in [0.3, 0.4) is 0 Å². The standard InChI is InChI=1S/C22H20N2O3S/c1-27-22(26)19-14-28-20(23-19)13-24(18-11-12-18)21(25)17-9-7-16(8-10-17)15-5-3-2-4-6-15/h2-10,14,18H,11-13H2,1H3. The summed E-state index contributed by atoms with van der Waals surface area (Å²) in [6.07, 6.45) is 2.01. The molecule has 1 heterocycles. The highest BCUT2D eigenvalue weighted by Crippen LogP contribution is 2.31. The summed E-state index contributed by atoms with van der Waals surface area (Å²) in [4.78, 5) is 30.9. The smallest absolute Gasteiger partial charge is 0.357 e. The first-order valence-corrected chi connectivity index (χ1v) is 10.0. The number of aromatic nitrogens is 1. The molecule has 142 valence electrons. The van der Waals surface area contributed by atoms with Crippen LogP contribution in [-0.2, 0) is 11.3 Å². The van der Waals surface area contributed by atoms with Crippen LogP contribution in [0.5, 0.6) is 0 Å². The first-order valence-electron chi connectivity index (χ1n) is 9.15. The zero-order valence-corrected chi connectivity index (χ0v) is 16.3. The van der Waals surface area contributed by atoms with Crippen molar-refractivity contribution in [1.29, 1.82) is 0 Å². The molecule has 0 unspecified atom stereocenters. The SMILES string of the molecule is COC(=O)c1csc(CN(C(=O)c2ccc(-c3ccccc3)cc2)C2CC2)n1. The van der Waals surface area contributed by atoms with Crippen LogP contribution >= 0.6 is 11.3 Å². The molecule has 4 rings (SSSR count). The number of methoxy groups -OCH3 is 1. The van der Waals surface area contributed by atoms with Crippen molar-refractivity contribution in [2.45, 2.75) is 25.4 Å². The minimum Gasteiger partial charge on any atom is -0.464 e. The number of thiazole rings is 1. The number of carbonyl (C=O) groups excluding carboxylic acids is 2. The van der Waals surface area contributed by atoms with Gasteiger partial charge in [-0.2, -0.15) is 0 Å². The molecule has 0 aliphatic heterocycles. The Morgan fingerprint density at radius 3 is 2.39 bits per heavy atom. The quantitative estimate of drug-likeness (QED) is 0.584. The number of esters is 1. The monoisotopic (exact) mass is 392 g/mol. The predicted molar refractivity (Wildman–Crippen MR) is 108 cm³/mol. The summed E-state index contributed by atoms with van der Waals surface area (Å²) >= 11 is 1.37. The highest BCUT2D eigenvalue weighted by atomic mass is 32.1. The van der Waals surface area contributed by atoms with E-state index in [0.717, 1.165) is 29.0 Å². The zero-order chi connectivity index (χ0) is 19.5. The van der Waals surface area contributed by atoms with Crippen LogP contribution in [0.25, 0.3) is 11.1 Å². The first kappa shape index (κ1) is 18.4. The molecule has 2 aromatic carbocycles. The van der Waals surface area contributed by atoms with E-state index in [1.54, 1.807) is 5.38 Å². The number of nitrogens with zero attached hydrogens (tertiary/aromatic N) is 2. The summed E-state index contributed by atoms with van der Waals surface area (Å²) < 4.78 is 4.70. The maximum Gasteiger partial charge on any atom is 0.357 e. The van der Waals surface area contributed by atoms with Gasteiger partial charge in [-0.05, 0) is 36.1 Å². The maximum atomic E-state index is 13.1. The van der Waals surface area contributed by atoms with Crippen LogP contribution < -0.4 is 0 Å². The Hall–Kier alpha value is -2.99. The Bertz CT molecular complexity index is 979. The second-order valence-electron chi connectivity index (χ2n) is 6.73. The molecule has 0 spiro atoms. The third-order valence-corrected chi connectivity index (χ3v) is 5.57. The summed E-state index contributed by atoms with van der Waals surface area (Å²) in [5.74, 6) is -0.458. The van der Waals surface area contributed by atoms with E-state index < -0.39 is 5.97 Å². The molecule has 0 N–H and O–H groups in total. The average Bonchev–Trinajstić information content (AvgIpc) is 3.49. The lowest BCUT2D eigenvalue weighted by Crippen LogP contribution is -2.32. The lowest BCUT2D eigenvalue weighted by atomic mass is 10.0. The third kappa shape index (κ3) is 3.97. The van der Waals surface area contributed by atoms with Gasteiger partial charge in [0.1, 0.15) is 5.01 Å². The van der Waals surface area contributed by atoms with Crippen molar-refractivity contribution in [2.24, 2.45) is 0 Å². The molecule has 1 saturated carbocycles. The number of carbonyl (C=O) groups is 2. The highest BCUT2D eigenvalue weighted by Gasteiger charge is 2.33. The fourth-order valence-corrected chi connectivity index (χ4v) is 3.84. The molecular weight excluding hydrogens is 372 g/mol. The van der Waals surface area contributed by atoms with Crippen molar-refractivity contribution < 1.29 is 14.3 Å². The van der Waals surface area contributed by atoms with Crippen LogP contribution in [0, 0.1) is 0 Å². The van der Waals surface area contributed by atoms with Gasteiger partial charge in [0.25, 0.3) is 5.91 Å². The number of amides is 1. The highest BCUT2D eigenvalue weighted by molar-refractivity contribution is 7.09. The fourth-order valence-electron chi connectivity index (χ4n) is 3.08. The van der Waals surface area contributed by atoms with E-state index in [1.165, 1.54) is 18.4 Å². The molecule has 3 aromatic rings. The van der Waals surface area contributed by atoms with Gasteiger partial charge in [-0.15, -0.1) is 11.3 Å². The number of hydrogen-bond acceptors (Lipinski definition) is 5. The van der Waals surface area contributed by atoms with Crippen LogP contribution in [0.1, 0.15) is 38.7 Å². The lowest BCUT2D eigenvalue weighted by Gasteiger charge is -2.21. The predicted octanol–water partition coefficient (Wildman–Crippen LogP) is 4.40. The second kappa shape index (κ2) is 7.94. The zero-order valence-electron chi connectivity index (χ0n) is 15.5. The van der Waals surface area contributed by atoms with Gasteiger partial charge in [0.15, 0.2) is 5.69 Å². The largest absolute Gasteiger partial charge is 0.464 e. The van der Waals surface area contributed by atoms with Gasteiger partial charge in [-0.1, -0.05) is 42.5 Å². The van der Waals surface area contributed by atoms with Gasteiger partial charge in [-0.25, -0.2) is 9.78 Å². The van der Waals surface area contributed by atoms with E-state index >= 15 is 0 Å². The Morgan fingerprint density at radius 1 is 1.07 bits per heavy atom. The maximum absolute atomic E-state index is 13.1. The van der Waals surface area contributed by atoms with E-state index in [4.69, 9.17) is 4.74 Å². The summed E-state index contributed by atoms with van der Waals surface area (Å²) in [7, 11) is 1.33. The molecule has 0 atom stereocenters. The fraction of sp³-hybridized carbons (Fsp3) is 0.227. The van der Waals surface area contributed by atoms with Crippen molar-refractivity contribution in [1.82, 2.24) is 9.88 Å². The van der Waals surface area contributed by atoms with E-state index in [2.05, 4.69) is 17.1 Å². The molecule has 1 aromatic heterocycles. The Kier molecular flexibility index (Phi) is 5.21. The van der Waals surface area contributed by atoms with Gasteiger partial charge < -0.3 is 9.64 Å². The number of benzene rings is 2. The molecule has 0 saturated heterocycles. The van der Waals surface area contributed by atoms with Gasteiger partial charge in [0.05, 0.1) is 13.7 Å². The molecule has 6 heteroatoms. The molecular formula is C22H20N2O3S. The van der Waals surface area contributed by atoms with Crippen molar-refractivity contribution in [3.8, 4) is 11.1 Å². The normalized spacial score (nSPS) is 13.2. The minimum atomic E-state index is -0.455. The number of ether oxygens (including phenoxy) is 1. The van der Waals surface area contributed by atoms with Gasteiger partial charge in [0.2, 0.25) is 0 Å². The van der Waals surface area contributed by atoms with Crippen molar-refractivity contribution >= 4 is 23.2 Å². The molecule has 1 fully saturated rings. The third-order valence-electron chi connectivity index (χ3n) is 4.74. The Labute approximate surface area is 167 Å². The van der Waals surface area contributed by atoms with Crippen LogP contribution in [-0.4, -0.2) is 34.9 Å². The van der Waals surface area contributed by atoms with Gasteiger partial charge in [-0.3, -0.25) is 4.79 Å².